The van der Waals surface area contributed by atoms with Crippen molar-refractivity contribution in [2.75, 3.05) is 5.73 Å². The lowest BCUT2D eigenvalue weighted by Gasteiger charge is -2.03. The Kier molecular flexibility index (Phi) is 1.86. The Morgan fingerprint density at radius 3 is 2.81 bits per heavy atom. The van der Waals surface area contributed by atoms with Crippen molar-refractivity contribution in [3.8, 4) is 5.95 Å². The summed E-state index contributed by atoms with van der Waals surface area (Å²) in [4.78, 5) is 8.40. The van der Waals surface area contributed by atoms with Crippen molar-refractivity contribution in [1.29, 1.82) is 0 Å². The normalized spacial score (nSPS) is 10.8. The van der Waals surface area contributed by atoms with Gasteiger partial charge in [-0.2, -0.15) is 4.98 Å². The molecule has 3 aromatic rings. The van der Waals surface area contributed by atoms with Gasteiger partial charge < -0.3 is 5.73 Å². The second-order valence-electron chi connectivity index (χ2n) is 3.53. The van der Waals surface area contributed by atoms with Gasteiger partial charge in [0.15, 0.2) is 0 Å². The second kappa shape index (κ2) is 3.34. The third-order valence-corrected chi connectivity index (χ3v) is 2.48. The fraction of sp³-hybridized carbons (Fsp3) is 0. The van der Waals surface area contributed by atoms with Crippen LogP contribution < -0.4 is 5.73 Å². The van der Waals surface area contributed by atoms with Gasteiger partial charge in [0, 0.05) is 17.8 Å². The van der Waals surface area contributed by atoms with Gasteiger partial charge in [-0.3, -0.25) is 4.57 Å². The van der Waals surface area contributed by atoms with E-state index in [4.69, 9.17) is 5.73 Å². The molecule has 0 aliphatic carbocycles. The van der Waals surface area contributed by atoms with E-state index in [2.05, 4.69) is 16.0 Å². The number of anilines is 1. The predicted octanol–water partition coefficient (Wildman–Crippen LogP) is 2.00. The van der Waals surface area contributed by atoms with Crippen LogP contribution in [0.15, 0.2) is 48.8 Å². The minimum absolute atomic E-state index is 0.475. The lowest BCUT2D eigenvalue weighted by atomic mass is 10.2. The molecule has 0 fully saturated rings. The van der Waals surface area contributed by atoms with Crippen LogP contribution in [-0.4, -0.2) is 14.5 Å². The zero-order valence-electron chi connectivity index (χ0n) is 8.54. The molecule has 16 heavy (non-hydrogen) atoms. The van der Waals surface area contributed by atoms with Crippen LogP contribution in [0.1, 0.15) is 0 Å². The van der Waals surface area contributed by atoms with Gasteiger partial charge in [-0.05, 0) is 18.2 Å². The Balaban J connectivity index is 2.26. The molecule has 2 aromatic heterocycles. The molecule has 1 aromatic carbocycles. The molecule has 0 spiro atoms. The molecule has 0 bridgehead atoms. The SMILES string of the molecule is Nc1ccnc(-n2ccc3ccccc32)n1. The van der Waals surface area contributed by atoms with Crippen LogP contribution in [0, 0.1) is 0 Å². The third-order valence-electron chi connectivity index (χ3n) is 2.48. The van der Waals surface area contributed by atoms with Crippen molar-refractivity contribution in [3.05, 3.63) is 48.8 Å². The molecule has 78 valence electrons. The Morgan fingerprint density at radius 1 is 1.06 bits per heavy atom. The lowest BCUT2D eigenvalue weighted by molar-refractivity contribution is 0.967. The van der Waals surface area contributed by atoms with Crippen LogP contribution in [0.5, 0.6) is 0 Å². The number of nitrogen functional groups attached to an aromatic ring is 1. The summed E-state index contributed by atoms with van der Waals surface area (Å²) in [6.45, 7) is 0. The molecule has 0 saturated carbocycles. The van der Waals surface area contributed by atoms with Crippen molar-refractivity contribution in [1.82, 2.24) is 14.5 Å². The highest BCUT2D eigenvalue weighted by atomic mass is 15.2. The molecule has 0 aliphatic heterocycles. The number of aromatic nitrogens is 3. The summed E-state index contributed by atoms with van der Waals surface area (Å²) < 4.78 is 1.92. The quantitative estimate of drug-likeness (QED) is 0.668. The first-order chi connectivity index (χ1) is 7.84. The molecule has 3 rings (SSSR count). The molecule has 0 radical (unpaired) electrons. The van der Waals surface area contributed by atoms with Crippen molar-refractivity contribution in [3.63, 3.8) is 0 Å². The molecular weight excluding hydrogens is 200 g/mol. The van der Waals surface area contributed by atoms with Gasteiger partial charge in [-0.15, -0.1) is 0 Å². The van der Waals surface area contributed by atoms with E-state index < -0.39 is 0 Å². The number of para-hydroxylation sites is 1. The number of benzene rings is 1. The lowest BCUT2D eigenvalue weighted by Crippen LogP contribution is -2.01. The maximum Gasteiger partial charge on any atom is 0.236 e. The molecular formula is C12H10N4. The summed E-state index contributed by atoms with van der Waals surface area (Å²) in [5.41, 5.74) is 6.72. The molecule has 0 amide bonds. The molecule has 0 unspecified atom stereocenters. The van der Waals surface area contributed by atoms with E-state index in [1.54, 1.807) is 12.3 Å². The summed E-state index contributed by atoms with van der Waals surface area (Å²) in [6, 6.07) is 11.8. The maximum atomic E-state index is 5.64. The zero-order chi connectivity index (χ0) is 11.0. The number of nitrogens with zero attached hydrogens (tertiary/aromatic N) is 3. The number of nitrogens with two attached hydrogens (primary N) is 1. The van der Waals surface area contributed by atoms with Gasteiger partial charge in [0.2, 0.25) is 5.95 Å². The summed E-state index contributed by atoms with van der Waals surface area (Å²) in [6.07, 6.45) is 3.60. The van der Waals surface area contributed by atoms with Gasteiger partial charge >= 0.3 is 0 Å². The molecule has 4 heteroatoms. The Hall–Kier alpha value is -2.36. The Labute approximate surface area is 92.4 Å². The van der Waals surface area contributed by atoms with Gasteiger partial charge in [0.05, 0.1) is 5.52 Å². The third kappa shape index (κ3) is 1.32. The van der Waals surface area contributed by atoms with Crippen LogP contribution in [0.2, 0.25) is 0 Å². The van der Waals surface area contributed by atoms with Crippen LogP contribution in [0.3, 0.4) is 0 Å². The first kappa shape index (κ1) is 8.91. The van der Waals surface area contributed by atoms with Gasteiger partial charge in [-0.1, -0.05) is 18.2 Å². The largest absolute Gasteiger partial charge is 0.384 e. The molecule has 2 N–H and O–H groups in total. The number of hydrogen-bond acceptors (Lipinski definition) is 3. The van der Waals surface area contributed by atoms with Gasteiger partial charge in [-0.25, -0.2) is 4.98 Å². The first-order valence-corrected chi connectivity index (χ1v) is 4.99. The zero-order valence-corrected chi connectivity index (χ0v) is 8.54. The number of hydrogen-bond donors (Lipinski definition) is 1. The molecule has 0 atom stereocenters. The van der Waals surface area contributed by atoms with Crippen LogP contribution in [0.25, 0.3) is 16.9 Å². The minimum Gasteiger partial charge on any atom is -0.384 e. The minimum atomic E-state index is 0.475. The average molecular weight is 210 g/mol. The fourth-order valence-corrected chi connectivity index (χ4v) is 1.74. The summed E-state index contributed by atoms with van der Waals surface area (Å²) in [5, 5.41) is 1.16. The molecule has 0 saturated heterocycles. The Bertz CT molecular complexity index is 642. The maximum absolute atomic E-state index is 5.64. The number of rotatable bonds is 1. The predicted molar refractivity (Wildman–Crippen MR) is 63.3 cm³/mol. The second-order valence-corrected chi connectivity index (χ2v) is 3.53. The summed E-state index contributed by atoms with van der Waals surface area (Å²) >= 11 is 0. The van der Waals surface area contributed by atoms with E-state index in [0.29, 0.717) is 11.8 Å². The van der Waals surface area contributed by atoms with Crippen molar-refractivity contribution < 1.29 is 0 Å². The van der Waals surface area contributed by atoms with Crippen molar-refractivity contribution in [2.45, 2.75) is 0 Å². The molecule has 0 aliphatic rings. The van der Waals surface area contributed by atoms with E-state index in [1.807, 2.05) is 35.0 Å². The van der Waals surface area contributed by atoms with Crippen molar-refractivity contribution in [2.24, 2.45) is 0 Å². The highest BCUT2D eigenvalue weighted by Crippen LogP contribution is 2.17. The highest BCUT2D eigenvalue weighted by Gasteiger charge is 2.04. The standard InChI is InChI=1S/C12H10N4/c13-11-5-7-14-12(15-11)16-8-6-9-3-1-2-4-10(9)16/h1-8H,(H2,13,14,15). The smallest absolute Gasteiger partial charge is 0.236 e. The van der Waals surface area contributed by atoms with E-state index in [9.17, 15) is 0 Å². The van der Waals surface area contributed by atoms with Crippen LogP contribution in [-0.2, 0) is 0 Å². The van der Waals surface area contributed by atoms with E-state index in [1.165, 1.54) is 0 Å². The average Bonchev–Trinajstić information content (AvgIpc) is 2.72. The number of fused-ring (bicyclic) bond motifs is 1. The van der Waals surface area contributed by atoms with Gasteiger partial charge in [0.1, 0.15) is 5.82 Å². The van der Waals surface area contributed by atoms with E-state index in [-0.39, 0.29) is 0 Å². The summed E-state index contributed by atoms with van der Waals surface area (Å²) in [7, 11) is 0. The van der Waals surface area contributed by atoms with E-state index in [0.717, 1.165) is 10.9 Å². The van der Waals surface area contributed by atoms with Gasteiger partial charge in [0.25, 0.3) is 0 Å². The molecule has 4 nitrogen and oxygen atoms in total. The first-order valence-electron chi connectivity index (χ1n) is 4.99. The monoisotopic (exact) mass is 210 g/mol. The summed E-state index contributed by atoms with van der Waals surface area (Å²) in [5.74, 6) is 1.07. The van der Waals surface area contributed by atoms with Crippen LogP contribution >= 0.6 is 0 Å². The Morgan fingerprint density at radius 2 is 1.94 bits per heavy atom. The molecule has 2 heterocycles. The topological polar surface area (TPSA) is 56.7 Å². The van der Waals surface area contributed by atoms with Crippen LogP contribution in [0.4, 0.5) is 5.82 Å². The fourth-order valence-electron chi connectivity index (χ4n) is 1.74. The highest BCUT2D eigenvalue weighted by molar-refractivity contribution is 5.81. The van der Waals surface area contributed by atoms with E-state index >= 15 is 0 Å². The van der Waals surface area contributed by atoms with Crippen molar-refractivity contribution >= 4 is 16.7 Å².